The summed E-state index contributed by atoms with van der Waals surface area (Å²) in [6, 6.07) is 0. The normalized spacial score (nSPS) is 10.2. The van der Waals surface area contributed by atoms with E-state index in [1.165, 1.54) is 10.8 Å². The highest BCUT2D eigenvalue weighted by atomic mass is 16.2. The fraction of sp³-hybridized carbons (Fsp3) is 0.444. The van der Waals surface area contributed by atoms with E-state index in [9.17, 15) is 14.4 Å². The highest BCUT2D eigenvalue weighted by molar-refractivity contribution is 5.91. The van der Waals surface area contributed by atoms with E-state index in [1.807, 2.05) is 11.9 Å². The maximum Gasteiger partial charge on any atom is 0.328 e. The van der Waals surface area contributed by atoms with Crippen molar-refractivity contribution in [3.05, 3.63) is 32.6 Å². The van der Waals surface area contributed by atoms with E-state index >= 15 is 0 Å². The van der Waals surface area contributed by atoms with Crippen LogP contribution < -0.4 is 17.0 Å². The average molecular weight is 211 g/mol. The lowest BCUT2D eigenvalue weighted by molar-refractivity contribution is 0.0998. The van der Waals surface area contributed by atoms with Crippen LogP contribution in [0.1, 0.15) is 30.1 Å². The van der Waals surface area contributed by atoms with Crippen LogP contribution in [0, 0.1) is 0 Å². The quantitative estimate of drug-likeness (QED) is 0.698. The summed E-state index contributed by atoms with van der Waals surface area (Å²) in [6.45, 7) is 2.44. The van der Waals surface area contributed by atoms with Crippen LogP contribution in [0.4, 0.5) is 0 Å². The summed E-state index contributed by atoms with van der Waals surface area (Å²) in [7, 11) is 0. The van der Waals surface area contributed by atoms with Crippen molar-refractivity contribution in [1.29, 1.82) is 0 Å². The number of hydrogen-bond acceptors (Lipinski definition) is 3. The Morgan fingerprint density at radius 2 is 2.20 bits per heavy atom. The van der Waals surface area contributed by atoms with Gasteiger partial charge < -0.3 is 5.73 Å². The average Bonchev–Trinajstić information content (AvgIpc) is 2.16. The molecule has 1 rings (SSSR count). The Kier molecular flexibility index (Phi) is 3.43. The Bertz CT molecular complexity index is 472. The first-order chi connectivity index (χ1) is 7.06. The van der Waals surface area contributed by atoms with Crippen LogP contribution >= 0.6 is 0 Å². The van der Waals surface area contributed by atoms with Gasteiger partial charge in [0.2, 0.25) is 0 Å². The number of aromatic nitrogens is 2. The molecule has 0 fully saturated rings. The number of H-pyrrole nitrogens is 1. The van der Waals surface area contributed by atoms with Gasteiger partial charge in [0.05, 0.1) is 0 Å². The fourth-order valence-electron chi connectivity index (χ4n) is 1.18. The molecule has 1 aromatic heterocycles. The summed E-state index contributed by atoms with van der Waals surface area (Å²) in [4.78, 5) is 35.3. The van der Waals surface area contributed by atoms with Crippen molar-refractivity contribution in [3.63, 3.8) is 0 Å². The van der Waals surface area contributed by atoms with Crippen molar-refractivity contribution in [2.24, 2.45) is 5.73 Å². The van der Waals surface area contributed by atoms with Crippen molar-refractivity contribution < 1.29 is 4.79 Å². The number of amides is 1. The molecule has 82 valence electrons. The monoisotopic (exact) mass is 211 g/mol. The molecular formula is C9H13N3O3. The predicted molar refractivity (Wildman–Crippen MR) is 54.7 cm³/mol. The van der Waals surface area contributed by atoms with E-state index in [4.69, 9.17) is 5.73 Å². The molecule has 0 saturated carbocycles. The van der Waals surface area contributed by atoms with Crippen LogP contribution in [0.15, 0.2) is 15.8 Å². The number of rotatable bonds is 4. The first-order valence-electron chi connectivity index (χ1n) is 4.69. The number of nitrogens with two attached hydrogens (primary N) is 1. The zero-order valence-electron chi connectivity index (χ0n) is 8.45. The van der Waals surface area contributed by atoms with Crippen molar-refractivity contribution in [1.82, 2.24) is 9.55 Å². The zero-order chi connectivity index (χ0) is 11.4. The molecular weight excluding hydrogens is 198 g/mol. The number of aromatic amines is 1. The third-order valence-corrected chi connectivity index (χ3v) is 2.03. The van der Waals surface area contributed by atoms with Crippen LogP contribution in [0.25, 0.3) is 0 Å². The second-order valence-electron chi connectivity index (χ2n) is 3.21. The molecule has 0 aliphatic rings. The SMILES string of the molecule is CCCCn1cc(C(N)=O)c(=O)[nH]c1=O. The van der Waals surface area contributed by atoms with Gasteiger partial charge in [-0.15, -0.1) is 0 Å². The van der Waals surface area contributed by atoms with Crippen LogP contribution in [0.2, 0.25) is 0 Å². The molecule has 6 nitrogen and oxygen atoms in total. The molecule has 1 heterocycles. The molecule has 0 aromatic carbocycles. The van der Waals surface area contributed by atoms with Crippen molar-refractivity contribution >= 4 is 5.91 Å². The first-order valence-corrected chi connectivity index (χ1v) is 4.69. The molecule has 0 aliphatic heterocycles. The van der Waals surface area contributed by atoms with Gasteiger partial charge >= 0.3 is 5.69 Å². The lowest BCUT2D eigenvalue weighted by Crippen LogP contribution is -2.35. The summed E-state index contributed by atoms with van der Waals surface area (Å²) in [6.07, 6.45) is 2.92. The highest BCUT2D eigenvalue weighted by Gasteiger charge is 2.08. The van der Waals surface area contributed by atoms with Gasteiger partial charge in [0, 0.05) is 12.7 Å². The maximum atomic E-state index is 11.3. The lowest BCUT2D eigenvalue weighted by Gasteiger charge is -2.04. The van der Waals surface area contributed by atoms with Gasteiger partial charge in [-0.25, -0.2) is 4.79 Å². The number of aryl methyl sites for hydroxylation is 1. The van der Waals surface area contributed by atoms with Crippen LogP contribution in [0.3, 0.4) is 0 Å². The Balaban J connectivity index is 3.18. The topological polar surface area (TPSA) is 97.9 Å². The van der Waals surface area contributed by atoms with Gasteiger partial charge in [0.1, 0.15) is 5.56 Å². The minimum absolute atomic E-state index is 0.189. The van der Waals surface area contributed by atoms with E-state index in [-0.39, 0.29) is 5.56 Å². The smallest absolute Gasteiger partial charge is 0.328 e. The number of unbranched alkanes of at least 4 members (excludes halogenated alkanes) is 1. The standard InChI is InChI=1S/C9H13N3O3/c1-2-3-4-12-5-6(7(10)13)8(14)11-9(12)15/h5H,2-4H2,1H3,(H2,10,13)(H,11,14,15). The Morgan fingerprint density at radius 1 is 1.53 bits per heavy atom. The number of hydrogen-bond donors (Lipinski definition) is 2. The van der Waals surface area contributed by atoms with E-state index in [0.29, 0.717) is 6.54 Å². The largest absolute Gasteiger partial charge is 0.365 e. The number of nitrogens with zero attached hydrogens (tertiary/aromatic N) is 1. The highest BCUT2D eigenvalue weighted by Crippen LogP contribution is 1.92. The molecule has 0 aliphatic carbocycles. The molecule has 0 atom stereocenters. The number of nitrogens with one attached hydrogen (secondary N) is 1. The third kappa shape index (κ3) is 2.55. The van der Waals surface area contributed by atoms with Crippen LogP contribution in [-0.2, 0) is 6.54 Å². The van der Waals surface area contributed by atoms with E-state index in [0.717, 1.165) is 12.8 Å². The van der Waals surface area contributed by atoms with E-state index in [1.54, 1.807) is 0 Å². The molecule has 1 aromatic rings. The molecule has 0 bridgehead atoms. The van der Waals surface area contributed by atoms with Crippen LogP contribution in [-0.4, -0.2) is 15.5 Å². The first kappa shape index (κ1) is 11.2. The van der Waals surface area contributed by atoms with Crippen molar-refractivity contribution in [2.45, 2.75) is 26.3 Å². The molecule has 6 heteroatoms. The summed E-state index contributed by atoms with van der Waals surface area (Å²) in [5, 5.41) is 0. The van der Waals surface area contributed by atoms with Gasteiger partial charge in [-0.1, -0.05) is 13.3 Å². The zero-order valence-corrected chi connectivity index (χ0v) is 8.45. The van der Waals surface area contributed by atoms with Gasteiger partial charge in [-0.05, 0) is 6.42 Å². The van der Waals surface area contributed by atoms with Gasteiger partial charge in [-0.3, -0.25) is 19.1 Å². The molecule has 0 unspecified atom stereocenters. The molecule has 1 amide bonds. The van der Waals surface area contributed by atoms with E-state index in [2.05, 4.69) is 0 Å². The van der Waals surface area contributed by atoms with Gasteiger partial charge in [0.15, 0.2) is 0 Å². The molecule has 3 N–H and O–H groups in total. The Hall–Kier alpha value is -1.85. The second kappa shape index (κ2) is 4.59. The molecule has 0 saturated heterocycles. The van der Waals surface area contributed by atoms with E-state index < -0.39 is 17.2 Å². The van der Waals surface area contributed by atoms with Crippen molar-refractivity contribution in [3.8, 4) is 0 Å². The minimum Gasteiger partial charge on any atom is -0.365 e. The number of carbonyl (C=O) groups is 1. The predicted octanol–water partition coefficient (Wildman–Crippen LogP) is -0.564. The number of carbonyl (C=O) groups excluding carboxylic acids is 1. The maximum absolute atomic E-state index is 11.3. The molecule has 15 heavy (non-hydrogen) atoms. The lowest BCUT2D eigenvalue weighted by atomic mass is 10.3. The molecule has 0 spiro atoms. The summed E-state index contributed by atoms with van der Waals surface area (Å²) in [5.74, 6) is -0.832. The number of primary amides is 1. The van der Waals surface area contributed by atoms with Gasteiger partial charge in [-0.2, -0.15) is 0 Å². The third-order valence-electron chi connectivity index (χ3n) is 2.03. The van der Waals surface area contributed by atoms with Crippen LogP contribution in [0.5, 0.6) is 0 Å². The second-order valence-corrected chi connectivity index (χ2v) is 3.21. The van der Waals surface area contributed by atoms with Crippen molar-refractivity contribution in [2.75, 3.05) is 0 Å². The Labute approximate surface area is 85.7 Å². The fourth-order valence-corrected chi connectivity index (χ4v) is 1.18. The molecule has 0 radical (unpaired) electrons. The minimum atomic E-state index is -0.832. The Morgan fingerprint density at radius 3 is 2.73 bits per heavy atom. The summed E-state index contributed by atoms with van der Waals surface area (Å²) in [5.41, 5.74) is 3.55. The van der Waals surface area contributed by atoms with Gasteiger partial charge in [0.25, 0.3) is 11.5 Å². The summed E-state index contributed by atoms with van der Waals surface area (Å²) >= 11 is 0. The summed E-state index contributed by atoms with van der Waals surface area (Å²) < 4.78 is 1.28.